The number of hydrogen-bond acceptors (Lipinski definition) is 5. The largest absolute Gasteiger partial charge is 0.468 e. The maximum atomic E-state index is 12.6. The van der Waals surface area contributed by atoms with Crippen molar-refractivity contribution in [1.29, 1.82) is 0 Å². The Bertz CT molecular complexity index is 849. The Hall–Kier alpha value is -2.78. The Labute approximate surface area is 211 Å². The second-order valence-corrected chi connectivity index (χ2v) is 8.00. The predicted molar refractivity (Wildman–Crippen MR) is 134 cm³/mol. The first-order valence-corrected chi connectivity index (χ1v) is 11.5. The van der Waals surface area contributed by atoms with Gasteiger partial charge in [0.2, 0.25) is 0 Å². The van der Waals surface area contributed by atoms with Crippen LogP contribution >= 0.6 is 0 Å². The number of benzene rings is 2. The molecule has 0 bridgehead atoms. The molecule has 0 aliphatic rings. The highest BCUT2D eigenvalue weighted by molar-refractivity contribution is 6.08. The molecule has 0 aromatic heterocycles. The Morgan fingerprint density at radius 1 is 0.972 bits per heavy atom. The molecule has 0 aliphatic carbocycles. The van der Waals surface area contributed by atoms with Crippen LogP contribution in [0.25, 0.3) is 0 Å². The van der Waals surface area contributed by atoms with Gasteiger partial charge in [-0.1, -0.05) is 56.3 Å². The van der Waals surface area contributed by atoms with Gasteiger partial charge in [-0.15, -0.1) is 0 Å². The van der Waals surface area contributed by atoms with E-state index in [2.05, 4.69) is 4.74 Å². The van der Waals surface area contributed by atoms with Crippen LogP contribution < -0.4 is 5.73 Å². The van der Waals surface area contributed by atoms with Crippen molar-refractivity contribution in [2.24, 2.45) is 11.7 Å². The van der Waals surface area contributed by atoms with Crippen molar-refractivity contribution in [3.8, 4) is 0 Å². The topological polar surface area (TPSA) is 89.6 Å². The number of carbonyl (C=O) groups is 2. The zero-order chi connectivity index (χ0) is 28.4. The van der Waals surface area contributed by atoms with Crippen LogP contribution in [0.5, 0.6) is 0 Å². The van der Waals surface area contributed by atoms with Crippen LogP contribution in [0, 0.1) is 5.92 Å². The van der Waals surface area contributed by atoms with E-state index in [-0.39, 0.29) is 24.1 Å². The van der Waals surface area contributed by atoms with Crippen molar-refractivity contribution >= 4 is 11.8 Å². The standard InChI is InChI=1S/C19H17F3O3.C5H13NO.C2H6.CH3F/c1-25-18(24)16(12-7-13-5-3-2-4-6-13)17(23)14-8-10-15(11-9-14)19(20,21)22;1-5(2,6)3-4-7;2*1-2/h2-6,8-11,16H,7,12H2,1H3;7H,3-4,6H2,1-2H3;1-2H3;1H3. The molecule has 0 aliphatic heterocycles. The molecule has 2 aromatic rings. The van der Waals surface area contributed by atoms with E-state index < -0.39 is 29.4 Å². The number of aryl methyl sites for hydroxylation is 1. The number of hydrogen-bond donors (Lipinski definition) is 2. The summed E-state index contributed by atoms with van der Waals surface area (Å²) in [6.45, 7) is 7.97. The van der Waals surface area contributed by atoms with E-state index in [1.165, 1.54) is 7.11 Å². The molecule has 0 saturated carbocycles. The molecule has 204 valence electrons. The summed E-state index contributed by atoms with van der Waals surface area (Å²) >= 11 is 0. The lowest BCUT2D eigenvalue weighted by Gasteiger charge is -2.15. The molecule has 1 unspecified atom stereocenters. The van der Waals surface area contributed by atoms with Gasteiger partial charge in [0.15, 0.2) is 5.78 Å². The third-order valence-corrected chi connectivity index (χ3v) is 4.62. The number of esters is 1. The van der Waals surface area contributed by atoms with Crippen molar-refractivity contribution in [3.63, 3.8) is 0 Å². The lowest BCUT2D eigenvalue weighted by atomic mass is 9.91. The van der Waals surface area contributed by atoms with Gasteiger partial charge in [-0.05, 0) is 50.8 Å². The van der Waals surface area contributed by atoms with E-state index in [0.717, 1.165) is 29.8 Å². The van der Waals surface area contributed by atoms with Gasteiger partial charge in [0.1, 0.15) is 5.92 Å². The minimum Gasteiger partial charge on any atom is -0.468 e. The Morgan fingerprint density at radius 3 is 1.83 bits per heavy atom. The highest BCUT2D eigenvalue weighted by Gasteiger charge is 2.32. The number of ketones is 1. The molecule has 9 heteroatoms. The van der Waals surface area contributed by atoms with E-state index in [0.29, 0.717) is 20.0 Å². The molecule has 2 aromatic carbocycles. The predicted octanol–water partition coefficient (Wildman–Crippen LogP) is 6.03. The Kier molecular flexibility index (Phi) is 18.2. The zero-order valence-electron chi connectivity index (χ0n) is 21.9. The summed E-state index contributed by atoms with van der Waals surface area (Å²) in [6, 6.07) is 13.1. The molecule has 0 saturated heterocycles. The number of ether oxygens (including phenoxy) is 1. The number of rotatable bonds is 8. The summed E-state index contributed by atoms with van der Waals surface area (Å²) in [6.07, 6.45) is -3.10. The molecule has 0 spiro atoms. The van der Waals surface area contributed by atoms with Gasteiger partial charge in [-0.2, -0.15) is 13.2 Å². The number of carbonyl (C=O) groups excluding carboxylic acids is 2. The summed E-state index contributed by atoms with van der Waals surface area (Å²) in [5.74, 6) is -2.29. The molecule has 1 atom stereocenters. The highest BCUT2D eigenvalue weighted by Crippen LogP contribution is 2.29. The lowest BCUT2D eigenvalue weighted by molar-refractivity contribution is -0.144. The second-order valence-electron chi connectivity index (χ2n) is 8.00. The van der Waals surface area contributed by atoms with Crippen LogP contribution in [-0.2, 0) is 22.1 Å². The lowest BCUT2D eigenvalue weighted by Crippen LogP contribution is -2.32. The molecular weight excluding hydrogens is 478 g/mol. The summed E-state index contributed by atoms with van der Waals surface area (Å²) in [5.41, 5.74) is 5.45. The average molecular weight is 518 g/mol. The molecule has 3 N–H and O–H groups in total. The fraction of sp³-hybridized carbons (Fsp3) is 0.481. The van der Waals surface area contributed by atoms with Crippen LogP contribution in [0.15, 0.2) is 54.6 Å². The van der Waals surface area contributed by atoms with Crippen molar-refractivity contribution in [3.05, 3.63) is 71.3 Å². The van der Waals surface area contributed by atoms with Gasteiger partial charge in [-0.3, -0.25) is 14.0 Å². The number of aliphatic hydroxyl groups is 1. The fourth-order valence-electron chi connectivity index (χ4n) is 2.77. The average Bonchev–Trinajstić information content (AvgIpc) is 2.86. The quantitative estimate of drug-likeness (QED) is 0.193. The maximum Gasteiger partial charge on any atom is 0.416 e. The minimum absolute atomic E-state index is 0.0523. The number of nitrogens with two attached hydrogens (primary N) is 1. The van der Waals surface area contributed by atoms with E-state index in [1.54, 1.807) is 0 Å². The zero-order valence-corrected chi connectivity index (χ0v) is 21.9. The smallest absolute Gasteiger partial charge is 0.416 e. The molecule has 5 nitrogen and oxygen atoms in total. The third kappa shape index (κ3) is 14.6. The number of methoxy groups -OCH3 is 1. The number of aliphatic hydroxyl groups excluding tert-OH is 1. The van der Waals surface area contributed by atoms with Gasteiger partial charge in [0, 0.05) is 17.7 Å². The van der Waals surface area contributed by atoms with E-state index >= 15 is 0 Å². The van der Waals surface area contributed by atoms with Gasteiger partial charge in [0.05, 0.1) is 19.9 Å². The maximum absolute atomic E-state index is 12.6. The Morgan fingerprint density at radius 2 is 1.47 bits per heavy atom. The first kappa shape index (κ1) is 35.4. The van der Waals surface area contributed by atoms with Crippen molar-refractivity contribution in [2.75, 3.05) is 20.9 Å². The van der Waals surface area contributed by atoms with Gasteiger partial charge in [0.25, 0.3) is 0 Å². The normalized spacial score (nSPS) is 11.3. The minimum atomic E-state index is -4.48. The number of Topliss-reactive ketones (excluding diaryl/α,β-unsaturated/α-hetero) is 1. The second kappa shape index (κ2) is 18.5. The van der Waals surface area contributed by atoms with Crippen LogP contribution in [0.4, 0.5) is 17.6 Å². The number of alkyl halides is 4. The summed E-state index contributed by atoms with van der Waals surface area (Å²) in [7, 11) is 1.68. The van der Waals surface area contributed by atoms with E-state index in [9.17, 15) is 27.2 Å². The molecule has 0 heterocycles. The SMILES string of the molecule is CC.CC(C)(N)CCO.CF.COC(=O)C(CCc1ccccc1)C(=O)c1ccc(C(F)(F)F)cc1. The van der Waals surface area contributed by atoms with E-state index in [4.69, 9.17) is 10.8 Å². The molecular formula is C27H39F4NO4. The molecule has 2 rings (SSSR count). The van der Waals surface area contributed by atoms with Crippen molar-refractivity contribution in [2.45, 2.75) is 58.7 Å². The van der Waals surface area contributed by atoms with Crippen LogP contribution in [0.2, 0.25) is 0 Å². The van der Waals surface area contributed by atoms with Crippen molar-refractivity contribution in [1.82, 2.24) is 0 Å². The molecule has 36 heavy (non-hydrogen) atoms. The van der Waals surface area contributed by atoms with Gasteiger partial charge in [-0.25, -0.2) is 0 Å². The summed E-state index contributed by atoms with van der Waals surface area (Å²) < 4.78 is 52.0. The number of halogens is 4. The molecule has 0 radical (unpaired) electrons. The summed E-state index contributed by atoms with van der Waals surface area (Å²) in [5, 5.41) is 8.32. The van der Waals surface area contributed by atoms with Gasteiger partial charge < -0.3 is 15.6 Å². The van der Waals surface area contributed by atoms with Crippen LogP contribution in [0.1, 0.15) is 62.0 Å². The van der Waals surface area contributed by atoms with Crippen LogP contribution in [0.3, 0.4) is 0 Å². The molecule has 0 fully saturated rings. The molecule has 0 amide bonds. The monoisotopic (exact) mass is 517 g/mol. The Balaban J connectivity index is 0. The van der Waals surface area contributed by atoms with E-state index in [1.807, 2.05) is 58.0 Å². The van der Waals surface area contributed by atoms with Crippen molar-refractivity contribution < 1.29 is 37.0 Å². The first-order valence-electron chi connectivity index (χ1n) is 11.5. The summed E-state index contributed by atoms with van der Waals surface area (Å²) in [4.78, 5) is 24.5. The fourth-order valence-corrected chi connectivity index (χ4v) is 2.77. The first-order chi connectivity index (χ1) is 16.9. The van der Waals surface area contributed by atoms with Crippen LogP contribution in [-0.4, -0.2) is 43.3 Å². The third-order valence-electron chi connectivity index (χ3n) is 4.62. The van der Waals surface area contributed by atoms with Gasteiger partial charge >= 0.3 is 12.1 Å². The highest BCUT2D eigenvalue weighted by atomic mass is 19.4.